The van der Waals surface area contributed by atoms with Crippen molar-refractivity contribution in [3.8, 4) is 16.9 Å². The number of aromatic nitrogens is 1. The van der Waals surface area contributed by atoms with Gasteiger partial charge in [0.25, 0.3) is 0 Å². The number of nitrogens with zero attached hydrogens (tertiary/aromatic N) is 2. The number of hydrogen-bond acceptors (Lipinski definition) is 7. The van der Waals surface area contributed by atoms with Crippen molar-refractivity contribution >= 4 is 18.0 Å². The van der Waals surface area contributed by atoms with Gasteiger partial charge >= 0.3 is 12.1 Å². The van der Waals surface area contributed by atoms with Crippen LogP contribution in [-0.2, 0) is 19.1 Å². The van der Waals surface area contributed by atoms with Crippen molar-refractivity contribution in [3.05, 3.63) is 48.8 Å². The highest BCUT2D eigenvalue weighted by Crippen LogP contribution is 2.30. The quantitative estimate of drug-likeness (QED) is 0.579. The zero-order chi connectivity index (χ0) is 27.4. The molecule has 1 aliphatic rings. The van der Waals surface area contributed by atoms with Crippen molar-refractivity contribution in [2.45, 2.75) is 71.8 Å². The molecule has 1 N–H and O–H groups in total. The van der Waals surface area contributed by atoms with Crippen LogP contribution in [0.15, 0.2) is 48.8 Å². The van der Waals surface area contributed by atoms with Gasteiger partial charge in [-0.2, -0.15) is 0 Å². The van der Waals surface area contributed by atoms with E-state index < -0.39 is 47.2 Å². The minimum Gasteiger partial charge on any atom is -0.487 e. The average Bonchev–Trinajstić information content (AvgIpc) is 3.24. The topological polar surface area (TPSA) is 107 Å². The van der Waals surface area contributed by atoms with E-state index in [0.717, 1.165) is 11.1 Å². The van der Waals surface area contributed by atoms with E-state index in [1.165, 1.54) is 12.0 Å². The van der Waals surface area contributed by atoms with Crippen LogP contribution < -0.4 is 10.1 Å². The lowest BCUT2D eigenvalue weighted by molar-refractivity contribution is -0.152. The minimum atomic E-state index is -0.934. The molecule has 0 spiro atoms. The standard InChI is InChI=1S/C28H37N3O6/c1-27(2,3)23(30-26(34)37-28(4,5)6)24(32)31-17-21(14-22(31)25(33)35-7)36-20-13-19(15-29-16-20)18-11-9-8-10-12-18/h8-13,15-16,21-23H,14,17H2,1-7H3,(H,30,34). The molecule has 2 heterocycles. The molecular weight excluding hydrogens is 474 g/mol. The number of hydrogen-bond donors (Lipinski definition) is 1. The summed E-state index contributed by atoms with van der Waals surface area (Å²) in [7, 11) is 1.28. The third-order valence-electron chi connectivity index (χ3n) is 5.92. The second-order valence-electron chi connectivity index (χ2n) is 11.2. The number of rotatable bonds is 6. The minimum absolute atomic E-state index is 0.150. The highest BCUT2D eigenvalue weighted by molar-refractivity contribution is 5.91. The molecule has 37 heavy (non-hydrogen) atoms. The molecule has 1 aliphatic heterocycles. The Labute approximate surface area is 218 Å². The predicted octanol–water partition coefficient (Wildman–Crippen LogP) is 4.21. The fraction of sp³-hybridized carbons (Fsp3) is 0.500. The molecule has 1 aromatic carbocycles. The van der Waals surface area contributed by atoms with E-state index in [1.807, 2.05) is 57.2 Å². The van der Waals surface area contributed by atoms with Crippen molar-refractivity contribution < 1.29 is 28.6 Å². The number of esters is 1. The van der Waals surface area contributed by atoms with Crippen LogP contribution in [0.5, 0.6) is 5.75 Å². The Morgan fingerprint density at radius 1 is 1.03 bits per heavy atom. The molecule has 1 saturated heterocycles. The van der Waals surface area contributed by atoms with E-state index in [-0.39, 0.29) is 13.0 Å². The molecular formula is C28H37N3O6. The summed E-state index contributed by atoms with van der Waals surface area (Å²) in [5, 5.41) is 2.70. The highest BCUT2D eigenvalue weighted by Gasteiger charge is 2.46. The Kier molecular flexibility index (Phi) is 8.46. The molecule has 0 saturated carbocycles. The van der Waals surface area contributed by atoms with E-state index in [0.29, 0.717) is 5.75 Å². The predicted molar refractivity (Wildman–Crippen MR) is 139 cm³/mol. The van der Waals surface area contributed by atoms with Gasteiger partial charge in [-0.3, -0.25) is 9.78 Å². The zero-order valence-corrected chi connectivity index (χ0v) is 22.6. The normalized spacial score (nSPS) is 18.6. The maximum Gasteiger partial charge on any atom is 0.408 e. The van der Waals surface area contributed by atoms with Gasteiger partial charge in [-0.25, -0.2) is 9.59 Å². The SMILES string of the molecule is COC(=O)C1CC(Oc2cncc(-c3ccccc3)c2)CN1C(=O)C(NC(=O)OC(C)(C)C)C(C)(C)C. The first kappa shape index (κ1) is 28.0. The molecule has 3 rings (SSSR count). The van der Waals surface area contributed by atoms with Crippen LogP contribution in [-0.4, -0.2) is 65.3 Å². The molecule has 0 radical (unpaired) electrons. The van der Waals surface area contributed by atoms with E-state index in [9.17, 15) is 14.4 Å². The summed E-state index contributed by atoms with van der Waals surface area (Å²) in [4.78, 5) is 44.6. The molecule has 0 bridgehead atoms. The first-order valence-electron chi connectivity index (χ1n) is 12.3. The molecule has 0 aliphatic carbocycles. The number of alkyl carbamates (subject to hydrolysis) is 1. The summed E-state index contributed by atoms with van der Waals surface area (Å²) in [6.45, 7) is 10.9. The van der Waals surface area contributed by atoms with Gasteiger partial charge in [0.1, 0.15) is 29.5 Å². The monoisotopic (exact) mass is 511 g/mol. The number of pyridine rings is 1. The van der Waals surface area contributed by atoms with E-state index in [1.54, 1.807) is 33.2 Å². The zero-order valence-electron chi connectivity index (χ0n) is 22.6. The first-order valence-corrected chi connectivity index (χ1v) is 12.3. The van der Waals surface area contributed by atoms with Gasteiger partial charge in [0.05, 0.1) is 19.9 Å². The number of nitrogens with one attached hydrogen (secondary N) is 1. The van der Waals surface area contributed by atoms with E-state index >= 15 is 0 Å². The number of likely N-dealkylation sites (tertiary alicyclic amines) is 1. The van der Waals surface area contributed by atoms with Crippen molar-refractivity contribution in [2.24, 2.45) is 5.41 Å². The van der Waals surface area contributed by atoms with Crippen LogP contribution in [0.1, 0.15) is 48.0 Å². The van der Waals surface area contributed by atoms with Gasteiger partial charge in [0.15, 0.2) is 0 Å². The van der Waals surface area contributed by atoms with Gasteiger partial charge in [0.2, 0.25) is 5.91 Å². The van der Waals surface area contributed by atoms with Crippen molar-refractivity contribution in [2.75, 3.05) is 13.7 Å². The second kappa shape index (κ2) is 11.2. The summed E-state index contributed by atoms with van der Waals surface area (Å²) in [5.74, 6) is -0.417. The van der Waals surface area contributed by atoms with E-state index in [2.05, 4.69) is 10.3 Å². The number of carbonyl (C=O) groups is 3. The Balaban J connectivity index is 1.81. The average molecular weight is 512 g/mol. The molecule has 9 heteroatoms. The van der Waals surface area contributed by atoms with Crippen LogP contribution in [0.4, 0.5) is 4.79 Å². The lowest BCUT2D eigenvalue weighted by atomic mass is 9.85. The number of carbonyl (C=O) groups excluding carboxylic acids is 3. The van der Waals surface area contributed by atoms with Gasteiger partial charge in [-0.15, -0.1) is 0 Å². The second-order valence-corrected chi connectivity index (χ2v) is 11.2. The van der Waals surface area contributed by atoms with Gasteiger partial charge in [0, 0.05) is 18.2 Å². The highest BCUT2D eigenvalue weighted by atomic mass is 16.6. The lowest BCUT2D eigenvalue weighted by Gasteiger charge is -2.35. The Morgan fingerprint density at radius 2 is 1.70 bits per heavy atom. The van der Waals surface area contributed by atoms with E-state index in [4.69, 9.17) is 14.2 Å². The van der Waals surface area contributed by atoms with Crippen molar-refractivity contribution in [3.63, 3.8) is 0 Å². The van der Waals surface area contributed by atoms with Crippen LogP contribution >= 0.6 is 0 Å². The fourth-order valence-corrected chi connectivity index (χ4v) is 4.19. The van der Waals surface area contributed by atoms with Crippen molar-refractivity contribution in [1.82, 2.24) is 15.2 Å². The van der Waals surface area contributed by atoms with Crippen LogP contribution in [0.3, 0.4) is 0 Å². The summed E-state index contributed by atoms with van der Waals surface area (Å²) < 4.78 is 16.5. The van der Waals surface area contributed by atoms with Gasteiger partial charge in [-0.1, -0.05) is 51.1 Å². The Morgan fingerprint density at radius 3 is 2.30 bits per heavy atom. The van der Waals surface area contributed by atoms with Gasteiger partial charge in [-0.05, 0) is 37.8 Å². The molecule has 3 unspecified atom stereocenters. The maximum atomic E-state index is 13.7. The van der Waals surface area contributed by atoms with Gasteiger partial charge < -0.3 is 24.4 Å². The van der Waals surface area contributed by atoms with Crippen LogP contribution in [0.2, 0.25) is 0 Å². The molecule has 1 aromatic heterocycles. The molecule has 9 nitrogen and oxygen atoms in total. The summed E-state index contributed by atoms with van der Waals surface area (Å²) in [6.07, 6.45) is 2.43. The number of amides is 2. The summed E-state index contributed by atoms with van der Waals surface area (Å²) in [5.41, 5.74) is 0.515. The molecule has 2 amide bonds. The van der Waals surface area contributed by atoms with Crippen LogP contribution in [0, 0.1) is 5.41 Å². The Bertz CT molecular complexity index is 1110. The maximum absolute atomic E-state index is 13.7. The molecule has 2 aromatic rings. The number of ether oxygens (including phenoxy) is 3. The number of benzene rings is 1. The lowest BCUT2D eigenvalue weighted by Crippen LogP contribution is -2.57. The van der Waals surface area contributed by atoms with Crippen LogP contribution in [0.25, 0.3) is 11.1 Å². The Hall–Kier alpha value is -3.62. The number of methoxy groups -OCH3 is 1. The third-order valence-corrected chi connectivity index (χ3v) is 5.92. The van der Waals surface area contributed by atoms with Crippen molar-refractivity contribution in [1.29, 1.82) is 0 Å². The fourth-order valence-electron chi connectivity index (χ4n) is 4.19. The summed E-state index contributed by atoms with van der Waals surface area (Å²) in [6, 6.07) is 9.89. The first-order chi connectivity index (χ1) is 17.3. The molecule has 1 fully saturated rings. The smallest absolute Gasteiger partial charge is 0.408 e. The third kappa shape index (κ3) is 7.44. The largest absolute Gasteiger partial charge is 0.487 e. The molecule has 200 valence electrons. The molecule has 3 atom stereocenters. The summed E-state index contributed by atoms with van der Waals surface area (Å²) >= 11 is 0.